The van der Waals surface area contributed by atoms with Gasteiger partial charge in [0.1, 0.15) is 0 Å². The van der Waals surface area contributed by atoms with E-state index in [2.05, 4.69) is 11.7 Å². The zero-order chi connectivity index (χ0) is 19.3. The minimum absolute atomic E-state index is 0.134. The number of aliphatic hydroxyl groups is 1. The van der Waals surface area contributed by atoms with Gasteiger partial charge in [0, 0.05) is 0 Å². The van der Waals surface area contributed by atoms with Gasteiger partial charge in [-0.1, -0.05) is 116 Å². The summed E-state index contributed by atoms with van der Waals surface area (Å²) >= 11 is 0. The van der Waals surface area contributed by atoms with Gasteiger partial charge >= 0.3 is 5.97 Å². The number of aliphatic hydroxyl groups excluding tert-OH is 1. The Morgan fingerprint density at radius 1 is 0.692 bits per heavy atom. The lowest BCUT2D eigenvalue weighted by Gasteiger charge is -2.08. The largest absolute Gasteiger partial charge is 0.469 e. The van der Waals surface area contributed by atoms with E-state index >= 15 is 0 Å². The van der Waals surface area contributed by atoms with Gasteiger partial charge in [0.05, 0.1) is 19.6 Å². The number of esters is 1. The summed E-state index contributed by atoms with van der Waals surface area (Å²) in [5, 5.41) is 9.68. The van der Waals surface area contributed by atoms with Crippen LogP contribution < -0.4 is 0 Å². The molecule has 0 rings (SSSR count). The molecule has 156 valence electrons. The Morgan fingerprint density at radius 3 is 1.38 bits per heavy atom. The lowest BCUT2D eigenvalue weighted by molar-refractivity contribution is -0.142. The van der Waals surface area contributed by atoms with E-state index in [0.717, 1.165) is 12.8 Å². The fraction of sp³-hybridized carbons (Fsp3) is 0.957. The average Bonchev–Trinajstić information content (AvgIpc) is 2.64. The number of carbonyl (C=O) groups is 1. The van der Waals surface area contributed by atoms with E-state index in [4.69, 9.17) is 0 Å². The molecule has 0 aromatic rings. The summed E-state index contributed by atoms with van der Waals surface area (Å²) in [6.07, 6.45) is 23.4. The molecule has 26 heavy (non-hydrogen) atoms. The maximum Gasteiger partial charge on any atom is 0.308 e. The summed E-state index contributed by atoms with van der Waals surface area (Å²) in [5.41, 5.74) is 0. The van der Waals surface area contributed by atoms with Crippen LogP contribution in [0.4, 0.5) is 0 Å². The number of ether oxygens (including phenoxy) is 1. The van der Waals surface area contributed by atoms with E-state index in [0.29, 0.717) is 6.42 Å². The first-order chi connectivity index (χ1) is 12.7. The van der Waals surface area contributed by atoms with Gasteiger partial charge in [-0.05, 0) is 6.42 Å². The minimum atomic E-state index is -0.529. The van der Waals surface area contributed by atoms with Crippen LogP contribution in [0, 0.1) is 0 Å². The smallest absolute Gasteiger partial charge is 0.308 e. The molecular weight excluding hydrogens is 324 g/mol. The number of rotatable bonds is 20. The number of hydrogen-bond acceptors (Lipinski definition) is 3. The Labute approximate surface area is 163 Å². The second kappa shape index (κ2) is 20.7. The Kier molecular flexibility index (Phi) is 20.3. The lowest BCUT2D eigenvalue weighted by Crippen LogP contribution is -2.14. The molecule has 0 amide bonds. The third kappa shape index (κ3) is 19.8. The summed E-state index contributed by atoms with van der Waals surface area (Å²) < 4.78 is 4.56. The van der Waals surface area contributed by atoms with Crippen molar-refractivity contribution in [3.63, 3.8) is 0 Å². The molecule has 1 atom stereocenters. The second-order valence-electron chi connectivity index (χ2n) is 7.88. The maximum atomic E-state index is 11.0. The molecule has 3 heteroatoms. The van der Waals surface area contributed by atoms with E-state index in [9.17, 15) is 9.90 Å². The normalized spacial score (nSPS) is 12.3. The molecule has 0 aliphatic heterocycles. The fourth-order valence-electron chi connectivity index (χ4n) is 3.48. The van der Waals surface area contributed by atoms with Crippen molar-refractivity contribution in [3.05, 3.63) is 0 Å². The quantitative estimate of drug-likeness (QED) is 0.186. The molecule has 0 saturated heterocycles. The summed E-state index contributed by atoms with van der Waals surface area (Å²) in [6.45, 7) is 2.28. The molecule has 0 bridgehead atoms. The van der Waals surface area contributed by atoms with Crippen LogP contribution in [0.25, 0.3) is 0 Å². The Hall–Kier alpha value is -0.570. The predicted octanol–water partition coefficient (Wildman–Crippen LogP) is 6.95. The second-order valence-corrected chi connectivity index (χ2v) is 7.88. The van der Waals surface area contributed by atoms with Gasteiger partial charge in [0.25, 0.3) is 0 Å². The van der Waals surface area contributed by atoms with Crippen LogP contribution in [0.15, 0.2) is 0 Å². The van der Waals surface area contributed by atoms with Crippen LogP contribution in [0.5, 0.6) is 0 Å². The highest BCUT2D eigenvalue weighted by Crippen LogP contribution is 2.15. The van der Waals surface area contributed by atoms with Crippen molar-refractivity contribution < 1.29 is 14.6 Å². The van der Waals surface area contributed by atoms with Crippen LogP contribution in [-0.2, 0) is 9.53 Å². The maximum absolute atomic E-state index is 11.0. The van der Waals surface area contributed by atoms with Crippen molar-refractivity contribution >= 4 is 5.97 Å². The molecule has 0 aromatic carbocycles. The van der Waals surface area contributed by atoms with Gasteiger partial charge in [-0.25, -0.2) is 0 Å². The van der Waals surface area contributed by atoms with Crippen molar-refractivity contribution in [2.45, 2.75) is 135 Å². The van der Waals surface area contributed by atoms with Crippen molar-refractivity contribution in [1.29, 1.82) is 0 Å². The Morgan fingerprint density at radius 2 is 1.04 bits per heavy atom. The lowest BCUT2D eigenvalue weighted by atomic mass is 10.0. The molecule has 0 heterocycles. The number of hydrogen-bond donors (Lipinski definition) is 1. The van der Waals surface area contributed by atoms with Crippen LogP contribution >= 0.6 is 0 Å². The standard InChI is InChI=1S/C23H46O3/c1-3-4-5-6-7-8-9-10-11-12-13-14-15-16-17-18-19-20-22(24)21-23(25)26-2/h22,24H,3-21H2,1-2H3. The Balaban J connectivity index is 3.10. The van der Waals surface area contributed by atoms with Gasteiger partial charge in [0.15, 0.2) is 0 Å². The van der Waals surface area contributed by atoms with E-state index in [1.54, 1.807) is 0 Å². The van der Waals surface area contributed by atoms with Gasteiger partial charge in [-0.2, -0.15) is 0 Å². The molecule has 0 aromatic heterocycles. The molecular formula is C23H46O3. The summed E-state index contributed by atoms with van der Waals surface area (Å²) in [6, 6.07) is 0. The summed E-state index contributed by atoms with van der Waals surface area (Å²) in [4.78, 5) is 11.0. The molecule has 0 fully saturated rings. The summed E-state index contributed by atoms with van der Waals surface area (Å²) in [5.74, 6) is -0.315. The zero-order valence-electron chi connectivity index (χ0n) is 17.8. The highest BCUT2D eigenvalue weighted by molar-refractivity contribution is 5.69. The van der Waals surface area contributed by atoms with E-state index in [-0.39, 0.29) is 12.4 Å². The minimum Gasteiger partial charge on any atom is -0.469 e. The van der Waals surface area contributed by atoms with E-state index < -0.39 is 6.10 Å². The molecule has 1 unspecified atom stereocenters. The Bertz CT molecular complexity index is 291. The topological polar surface area (TPSA) is 46.5 Å². The van der Waals surface area contributed by atoms with Crippen LogP contribution in [0.2, 0.25) is 0 Å². The number of unbranched alkanes of at least 4 members (excludes halogenated alkanes) is 16. The molecule has 0 aliphatic rings. The highest BCUT2D eigenvalue weighted by atomic mass is 16.5. The van der Waals surface area contributed by atoms with Gasteiger partial charge in [0.2, 0.25) is 0 Å². The first-order valence-electron chi connectivity index (χ1n) is 11.5. The van der Waals surface area contributed by atoms with E-state index in [1.165, 1.54) is 103 Å². The first-order valence-corrected chi connectivity index (χ1v) is 11.5. The van der Waals surface area contributed by atoms with Crippen molar-refractivity contribution in [1.82, 2.24) is 0 Å². The third-order valence-corrected chi connectivity index (χ3v) is 5.27. The fourth-order valence-corrected chi connectivity index (χ4v) is 3.48. The average molecular weight is 371 g/mol. The monoisotopic (exact) mass is 370 g/mol. The van der Waals surface area contributed by atoms with Gasteiger partial charge < -0.3 is 9.84 Å². The van der Waals surface area contributed by atoms with Gasteiger partial charge in [-0.3, -0.25) is 4.79 Å². The predicted molar refractivity (Wildman–Crippen MR) is 111 cm³/mol. The molecule has 3 nitrogen and oxygen atoms in total. The summed E-state index contributed by atoms with van der Waals surface area (Å²) in [7, 11) is 1.37. The molecule has 0 saturated carbocycles. The molecule has 1 N–H and O–H groups in total. The molecule has 0 aliphatic carbocycles. The van der Waals surface area contributed by atoms with Crippen molar-refractivity contribution in [3.8, 4) is 0 Å². The van der Waals surface area contributed by atoms with Crippen LogP contribution in [-0.4, -0.2) is 24.3 Å². The van der Waals surface area contributed by atoms with Crippen LogP contribution in [0.3, 0.4) is 0 Å². The van der Waals surface area contributed by atoms with E-state index in [1.807, 2.05) is 0 Å². The number of methoxy groups -OCH3 is 1. The molecule has 0 spiro atoms. The number of carbonyl (C=O) groups excluding carboxylic acids is 1. The SMILES string of the molecule is CCCCCCCCCCCCCCCCCCCC(O)CC(=O)OC. The zero-order valence-corrected chi connectivity index (χ0v) is 17.8. The van der Waals surface area contributed by atoms with Crippen molar-refractivity contribution in [2.75, 3.05) is 7.11 Å². The van der Waals surface area contributed by atoms with Gasteiger partial charge in [-0.15, -0.1) is 0 Å². The third-order valence-electron chi connectivity index (χ3n) is 5.27. The van der Waals surface area contributed by atoms with Crippen molar-refractivity contribution in [2.24, 2.45) is 0 Å². The highest BCUT2D eigenvalue weighted by Gasteiger charge is 2.10. The first kappa shape index (κ1) is 25.4. The van der Waals surface area contributed by atoms with Crippen LogP contribution in [0.1, 0.15) is 129 Å². The molecule has 0 radical (unpaired) electrons.